The molecule has 0 amide bonds. The highest BCUT2D eigenvalue weighted by Gasteiger charge is 2.24. The first-order valence-corrected chi connectivity index (χ1v) is 2.96. The zero-order valence-corrected chi connectivity index (χ0v) is 5.52. The largest absolute Gasteiger partial charge is 0.504 e. The second-order valence-corrected chi connectivity index (χ2v) is 2.12. The molecule has 0 aliphatic heterocycles. The Morgan fingerprint density at radius 3 is 2.64 bits per heavy atom. The van der Waals surface area contributed by atoms with Gasteiger partial charge in [0, 0.05) is 0 Å². The summed E-state index contributed by atoms with van der Waals surface area (Å²) < 4.78 is 0. The molecule has 1 aliphatic carbocycles. The lowest BCUT2D eigenvalue weighted by Gasteiger charge is -2.08. The van der Waals surface area contributed by atoms with E-state index in [1.54, 1.807) is 0 Å². The summed E-state index contributed by atoms with van der Waals surface area (Å²) in [7, 11) is 0. The van der Waals surface area contributed by atoms with Gasteiger partial charge in [-0.2, -0.15) is 0 Å². The number of hydrogen-bond donors (Lipinski definition) is 2. The Labute approximate surface area is 62.5 Å². The molecular weight excluding hydrogens is 148 g/mol. The number of aliphatic hydroxyl groups excluding tert-OH is 2. The van der Waals surface area contributed by atoms with E-state index < -0.39 is 23.2 Å². The number of carbonyl (C=O) groups is 2. The van der Waals surface area contributed by atoms with Crippen molar-refractivity contribution in [2.75, 3.05) is 0 Å². The summed E-state index contributed by atoms with van der Waals surface area (Å²) in [5.41, 5.74) is 0. The molecule has 1 atom stereocenters. The van der Waals surface area contributed by atoms with Crippen molar-refractivity contribution in [1.29, 1.82) is 0 Å². The average molecular weight is 154 g/mol. The van der Waals surface area contributed by atoms with Gasteiger partial charge in [-0.25, -0.2) is 0 Å². The third-order valence-electron chi connectivity index (χ3n) is 1.39. The van der Waals surface area contributed by atoms with E-state index in [9.17, 15) is 9.59 Å². The number of aliphatic hydroxyl groups is 2. The van der Waals surface area contributed by atoms with Gasteiger partial charge in [0.1, 0.15) is 6.29 Å². The summed E-state index contributed by atoms with van der Waals surface area (Å²) in [5, 5.41) is 17.6. The van der Waals surface area contributed by atoms with Crippen molar-refractivity contribution in [3.8, 4) is 0 Å². The lowest BCUT2D eigenvalue weighted by molar-refractivity contribution is -0.125. The van der Waals surface area contributed by atoms with Gasteiger partial charge in [0.25, 0.3) is 0 Å². The van der Waals surface area contributed by atoms with Crippen LogP contribution in [0.5, 0.6) is 0 Å². The minimum atomic E-state index is -0.953. The minimum absolute atomic E-state index is 0.404. The van der Waals surface area contributed by atoms with Gasteiger partial charge in [-0.1, -0.05) is 6.08 Å². The third-order valence-corrected chi connectivity index (χ3v) is 1.39. The first-order valence-electron chi connectivity index (χ1n) is 2.96. The highest BCUT2D eigenvalue weighted by atomic mass is 16.3. The maximum Gasteiger partial charge on any atom is 0.214 e. The molecule has 0 saturated heterocycles. The zero-order valence-electron chi connectivity index (χ0n) is 5.52. The second kappa shape index (κ2) is 2.57. The van der Waals surface area contributed by atoms with Gasteiger partial charge in [-0.15, -0.1) is 0 Å². The number of rotatable bonds is 1. The van der Waals surface area contributed by atoms with Crippen LogP contribution >= 0.6 is 0 Å². The predicted molar refractivity (Wildman–Crippen MR) is 36.0 cm³/mol. The van der Waals surface area contributed by atoms with Gasteiger partial charge in [0.05, 0.1) is 5.92 Å². The van der Waals surface area contributed by atoms with E-state index in [0.717, 1.165) is 6.08 Å². The van der Waals surface area contributed by atoms with Crippen LogP contribution in [0.25, 0.3) is 0 Å². The van der Waals surface area contributed by atoms with Crippen molar-refractivity contribution in [2.45, 2.75) is 0 Å². The quantitative estimate of drug-likeness (QED) is 0.420. The molecule has 0 bridgehead atoms. The summed E-state index contributed by atoms with van der Waals surface area (Å²) >= 11 is 0. The van der Waals surface area contributed by atoms with Gasteiger partial charge in [-0.3, -0.25) is 4.79 Å². The highest BCUT2D eigenvalue weighted by Crippen LogP contribution is 2.14. The number of carbonyl (C=O) groups excluding carboxylic acids is 2. The van der Waals surface area contributed by atoms with E-state index in [-0.39, 0.29) is 0 Å². The van der Waals surface area contributed by atoms with Crippen LogP contribution in [0, 0.1) is 5.92 Å². The Hall–Kier alpha value is -1.58. The van der Waals surface area contributed by atoms with Gasteiger partial charge in [-0.05, 0) is 6.08 Å². The van der Waals surface area contributed by atoms with Crippen LogP contribution in [0.2, 0.25) is 0 Å². The molecular formula is C7H6O4. The van der Waals surface area contributed by atoms with E-state index in [0.29, 0.717) is 6.29 Å². The molecule has 0 fully saturated rings. The van der Waals surface area contributed by atoms with Crippen molar-refractivity contribution in [3.63, 3.8) is 0 Å². The Kier molecular flexibility index (Phi) is 1.76. The van der Waals surface area contributed by atoms with Crippen molar-refractivity contribution in [1.82, 2.24) is 0 Å². The van der Waals surface area contributed by atoms with Crippen LogP contribution in [-0.2, 0) is 9.59 Å². The van der Waals surface area contributed by atoms with Gasteiger partial charge in [0.2, 0.25) is 11.5 Å². The molecule has 4 nitrogen and oxygen atoms in total. The van der Waals surface area contributed by atoms with E-state index in [1.807, 2.05) is 0 Å². The third kappa shape index (κ3) is 1.14. The molecule has 0 aromatic carbocycles. The van der Waals surface area contributed by atoms with Crippen LogP contribution in [0.15, 0.2) is 23.7 Å². The van der Waals surface area contributed by atoms with Gasteiger partial charge < -0.3 is 15.0 Å². The highest BCUT2D eigenvalue weighted by molar-refractivity contribution is 6.06. The van der Waals surface area contributed by atoms with Gasteiger partial charge >= 0.3 is 0 Å². The first kappa shape index (κ1) is 7.53. The summed E-state index contributed by atoms with van der Waals surface area (Å²) in [4.78, 5) is 21.0. The summed E-state index contributed by atoms with van der Waals surface area (Å²) in [6.45, 7) is 0. The Balaban J connectivity index is 3.00. The zero-order chi connectivity index (χ0) is 8.43. The SMILES string of the molecule is O=CC1C=CC(O)=C(O)C1=O. The van der Waals surface area contributed by atoms with E-state index >= 15 is 0 Å². The minimum Gasteiger partial charge on any atom is -0.504 e. The number of aldehydes is 1. The number of allylic oxidation sites excluding steroid dienone is 3. The normalized spacial score (nSPS) is 24.0. The lowest BCUT2D eigenvalue weighted by Crippen LogP contribution is -2.20. The predicted octanol–water partition coefficient (Wildman–Crippen LogP) is 0.268. The molecule has 2 N–H and O–H groups in total. The molecule has 1 rings (SSSR count). The topological polar surface area (TPSA) is 74.6 Å². The fraction of sp³-hybridized carbons (Fsp3) is 0.143. The van der Waals surface area contributed by atoms with Crippen molar-refractivity contribution in [3.05, 3.63) is 23.7 Å². The number of hydrogen-bond acceptors (Lipinski definition) is 4. The number of Topliss-reactive ketones (excluding diaryl/α,β-unsaturated/α-hetero) is 1. The molecule has 1 unspecified atom stereocenters. The van der Waals surface area contributed by atoms with Crippen LogP contribution in [-0.4, -0.2) is 22.3 Å². The average Bonchev–Trinajstić information content (AvgIpc) is 2.01. The molecule has 0 aromatic heterocycles. The van der Waals surface area contributed by atoms with Crippen LogP contribution in [0.4, 0.5) is 0 Å². The van der Waals surface area contributed by atoms with Crippen LogP contribution in [0.1, 0.15) is 0 Å². The Bertz CT molecular complexity index is 262. The lowest BCUT2D eigenvalue weighted by atomic mass is 9.99. The summed E-state index contributed by atoms with van der Waals surface area (Å²) in [5.74, 6) is -2.96. The second-order valence-electron chi connectivity index (χ2n) is 2.12. The molecule has 58 valence electrons. The Morgan fingerprint density at radius 2 is 2.09 bits per heavy atom. The standard InChI is InChI=1S/C7H6O4/c8-3-4-1-2-5(9)7(11)6(4)10/h1-4,9,11H. The summed E-state index contributed by atoms with van der Waals surface area (Å²) in [6.07, 6.45) is 2.75. The smallest absolute Gasteiger partial charge is 0.214 e. The fourth-order valence-electron chi connectivity index (χ4n) is 0.752. The number of ketones is 1. The van der Waals surface area contributed by atoms with E-state index in [1.165, 1.54) is 6.08 Å². The van der Waals surface area contributed by atoms with Crippen molar-refractivity contribution in [2.24, 2.45) is 5.92 Å². The van der Waals surface area contributed by atoms with Gasteiger partial charge in [0.15, 0.2) is 5.76 Å². The van der Waals surface area contributed by atoms with E-state index in [4.69, 9.17) is 10.2 Å². The van der Waals surface area contributed by atoms with Crippen LogP contribution < -0.4 is 0 Å². The molecule has 1 aliphatic rings. The molecule has 0 saturated carbocycles. The maximum absolute atomic E-state index is 10.8. The molecule has 0 spiro atoms. The molecule has 0 radical (unpaired) electrons. The molecule has 0 heterocycles. The molecule has 4 heteroatoms. The first-order chi connectivity index (χ1) is 5.16. The molecule has 11 heavy (non-hydrogen) atoms. The van der Waals surface area contributed by atoms with Crippen molar-refractivity contribution >= 4 is 12.1 Å². The summed E-state index contributed by atoms with van der Waals surface area (Å²) in [6, 6.07) is 0. The monoisotopic (exact) mass is 154 g/mol. The van der Waals surface area contributed by atoms with E-state index in [2.05, 4.69) is 0 Å². The van der Waals surface area contributed by atoms with Crippen LogP contribution in [0.3, 0.4) is 0 Å². The Morgan fingerprint density at radius 1 is 1.45 bits per heavy atom. The molecule has 0 aromatic rings. The maximum atomic E-state index is 10.8. The fourth-order valence-corrected chi connectivity index (χ4v) is 0.752. The van der Waals surface area contributed by atoms with Crippen molar-refractivity contribution < 1.29 is 19.8 Å².